The van der Waals surface area contributed by atoms with Gasteiger partial charge in [0.05, 0.1) is 5.69 Å². The van der Waals surface area contributed by atoms with Gasteiger partial charge >= 0.3 is 0 Å². The Kier molecular flexibility index (Phi) is 5.20. The molecule has 0 saturated carbocycles. The largest absolute Gasteiger partial charge is 0.375 e. The van der Waals surface area contributed by atoms with Crippen LogP contribution in [0.1, 0.15) is 12.5 Å². The zero-order chi connectivity index (χ0) is 18.8. The van der Waals surface area contributed by atoms with Crippen LogP contribution in [0.25, 0.3) is 6.08 Å². The number of benzene rings is 2. The van der Waals surface area contributed by atoms with Crippen LogP contribution in [0.15, 0.2) is 48.0 Å². The van der Waals surface area contributed by atoms with Crippen molar-refractivity contribution in [3.63, 3.8) is 0 Å². The van der Waals surface area contributed by atoms with Crippen molar-refractivity contribution in [3.8, 4) is 0 Å². The number of carbonyl (C=O) groups excluding carboxylic acids is 2. The molecule has 1 N–H and O–H groups in total. The monoisotopic (exact) mass is 389 g/mol. The highest BCUT2D eigenvalue weighted by atomic mass is 35.5. The van der Waals surface area contributed by atoms with Crippen molar-refractivity contribution in [1.29, 1.82) is 0 Å². The van der Waals surface area contributed by atoms with Crippen LogP contribution in [0.5, 0.6) is 0 Å². The Balaban J connectivity index is 1.88. The second kappa shape index (κ2) is 7.40. The van der Waals surface area contributed by atoms with Crippen molar-refractivity contribution in [2.45, 2.75) is 6.92 Å². The molecule has 0 spiro atoms. The molecular weight excluding hydrogens is 373 g/mol. The summed E-state index contributed by atoms with van der Waals surface area (Å²) in [5.74, 6) is -0.927. The molecule has 3 rings (SSSR count). The van der Waals surface area contributed by atoms with Crippen LogP contribution in [0.3, 0.4) is 0 Å². The number of amides is 2. The molecule has 1 fully saturated rings. The second-order valence-electron chi connectivity index (χ2n) is 5.87. The van der Waals surface area contributed by atoms with E-state index in [0.717, 1.165) is 22.8 Å². The Hall–Kier alpha value is -2.50. The highest BCUT2D eigenvalue weighted by Gasteiger charge is 2.34. The Labute approximate surface area is 161 Å². The third-order valence-corrected chi connectivity index (χ3v) is 4.55. The summed E-state index contributed by atoms with van der Waals surface area (Å²) in [6.07, 6.45) is 1.57. The molecule has 26 heavy (non-hydrogen) atoms. The first-order valence-corrected chi connectivity index (χ1v) is 8.79. The van der Waals surface area contributed by atoms with E-state index in [-0.39, 0.29) is 5.57 Å². The standard InChI is InChI=1S/C19H17Cl2N3O2/c1-3-23(2)15-6-4-12(5-7-15)8-17-18(25)22-24(19(17)26)16-10-13(20)9-14(21)11-16/h4-11H,3H2,1-2H3,(H,22,25)/b17-8+. The molecule has 2 aromatic carbocycles. The molecule has 2 aromatic rings. The minimum absolute atomic E-state index is 0.0534. The number of nitrogens with one attached hydrogen (secondary N) is 1. The molecule has 1 aliphatic rings. The molecule has 0 aromatic heterocycles. The van der Waals surface area contributed by atoms with E-state index in [9.17, 15) is 9.59 Å². The average molecular weight is 390 g/mol. The molecule has 2 amide bonds. The number of nitrogens with zero attached hydrogens (tertiary/aromatic N) is 2. The Morgan fingerprint density at radius 1 is 1.08 bits per heavy atom. The number of hydrazine groups is 1. The van der Waals surface area contributed by atoms with Crippen LogP contribution in [-0.4, -0.2) is 25.4 Å². The van der Waals surface area contributed by atoms with Crippen molar-refractivity contribution in [3.05, 3.63) is 63.6 Å². The van der Waals surface area contributed by atoms with Gasteiger partial charge in [-0.05, 0) is 48.9 Å². The number of halogens is 2. The Bertz CT molecular complexity index is 874. The summed E-state index contributed by atoms with van der Waals surface area (Å²) >= 11 is 12.0. The quantitative estimate of drug-likeness (QED) is 0.636. The van der Waals surface area contributed by atoms with Crippen LogP contribution in [0, 0.1) is 0 Å². The van der Waals surface area contributed by atoms with Gasteiger partial charge in [0.15, 0.2) is 0 Å². The molecular formula is C19H17Cl2N3O2. The zero-order valence-corrected chi connectivity index (χ0v) is 15.8. The van der Waals surface area contributed by atoms with Gasteiger partial charge in [-0.25, -0.2) is 5.01 Å². The number of hydrogen-bond donors (Lipinski definition) is 1. The van der Waals surface area contributed by atoms with Crippen molar-refractivity contribution < 1.29 is 9.59 Å². The molecule has 134 valence electrons. The van der Waals surface area contributed by atoms with E-state index in [1.807, 2.05) is 31.3 Å². The molecule has 1 saturated heterocycles. The summed E-state index contributed by atoms with van der Waals surface area (Å²) in [7, 11) is 2.00. The number of rotatable bonds is 4. The molecule has 7 heteroatoms. The summed E-state index contributed by atoms with van der Waals surface area (Å²) in [6, 6.07) is 12.3. The Morgan fingerprint density at radius 3 is 2.27 bits per heavy atom. The van der Waals surface area contributed by atoms with Crippen LogP contribution in [0.4, 0.5) is 11.4 Å². The first kappa shape index (κ1) is 18.3. The predicted molar refractivity (Wildman–Crippen MR) is 105 cm³/mol. The van der Waals surface area contributed by atoms with Gasteiger partial charge in [0.2, 0.25) is 0 Å². The van der Waals surface area contributed by atoms with Crippen LogP contribution >= 0.6 is 23.2 Å². The van der Waals surface area contributed by atoms with Gasteiger partial charge in [0.1, 0.15) is 5.57 Å². The third kappa shape index (κ3) is 3.69. The lowest BCUT2D eigenvalue weighted by Crippen LogP contribution is -2.35. The van der Waals surface area contributed by atoms with Gasteiger partial charge in [0, 0.05) is 29.3 Å². The van der Waals surface area contributed by atoms with Crippen molar-refractivity contribution >= 4 is 52.5 Å². The maximum Gasteiger partial charge on any atom is 0.282 e. The number of carbonyl (C=O) groups is 2. The molecule has 0 atom stereocenters. The van der Waals surface area contributed by atoms with Crippen molar-refractivity contribution in [1.82, 2.24) is 5.43 Å². The number of hydrogen-bond acceptors (Lipinski definition) is 3. The first-order chi connectivity index (χ1) is 12.4. The molecule has 1 heterocycles. The fourth-order valence-corrected chi connectivity index (χ4v) is 3.10. The zero-order valence-electron chi connectivity index (χ0n) is 14.3. The minimum Gasteiger partial charge on any atom is -0.375 e. The summed E-state index contributed by atoms with van der Waals surface area (Å²) in [5.41, 5.74) is 4.82. The summed E-state index contributed by atoms with van der Waals surface area (Å²) < 4.78 is 0. The topological polar surface area (TPSA) is 52.7 Å². The second-order valence-corrected chi connectivity index (χ2v) is 6.75. The first-order valence-electron chi connectivity index (χ1n) is 8.03. The average Bonchev–Trinajstić information content (AvgIpc) is 2.89. The molecule has 0 bridgehead atoms. The minimum atomic E-state index is -0.471. The highest BCUT2D eigenvalue weighted by Crippen LogP contribution is 2.28. The van der Waals surface area contributed by atoms with Gasteiger partial charge in [-0.3, -0.25) is 15.0 Å². The smallest absolute Gasteiger partial charge is 0.282 e. The van der Waals surface area contributed by atoms with Gasteiger partial charge in [-0.15, -0.1) is 0 Å². The normalized spacial score (nSPS) is 15.5. The van der Waals surface area contributed by atoms with Gasteiger partial charge in [-0.2, -0.15) is 0 Å². The van der Waals surface area contributed by atoms with E-state index in [4.69, 9.17) is 23.2 Å². The molecule has 5 nitrogen and oxygen atoms in total. The van der Waals surface area contributed by atoms with Crippen molar-refractivity contribution in [2.24, 2.45) is 0 Å². The third-order valence-electron chi connectivity index (χ3n) is 4.12. The van der Waals surface area contributed by atoms with Gasteiger partial charge in [0.25, 0.3) is 11.8 Å². The lowest BCUT2D eigenvalue weighted by molar-refractivity contribution is -0.117. The van der Waals surface area contributed by atoms with Crippen LogP contribution in [-0.2, 0) is 9.59 Å². The molecule has 1 aliphatic heterocycles. The van der Waals surface area contributed by atoms with E-state index in [2.05, 4.69) is 17.2 Å². The van der Waals surface area contributed by atoms with E-state index < -0.39 is 11.8 Å². The maximum absolute atomic E-state index is 12.6. The fourth-order valence-electron chi connectivity index (χ4n) is 2.58. The van der Waals surface area contributed by atoms with E-state index in [1.165, 1.54) is 0 Å². The SMILES string of the molecule is CCN(C)c1ccc(/C=C2\C(=O)NN(c3cc(Cl)cc(Cl)c3)C2=O)cc1. The van der Waals surface area contributed by atoms with Gasteiger partial charge < -0.3 is 4.90 Å². The highest BCUT2D eigenvalue weighted by molar-refractivity contribution is 6.36. The maximum atomic E-state index is 12.6. The summed E-state index contributed by atoms with van der Waals surface area (Å²) in [5, 5.41) is 1.90. The summed E-state index contributed by atoms with van der Waals surface area (Å²) in [4.78, 5) is 27.0. The van der Waals surface area contributed by atoms with Crippen LogP contribution in [0.2, 0.25) is 10.0 Å². The van der Waals surface area contributed by atoms with E-state index in [1.54, 1.807) is 24.3 Å². The lowest BCUT2D eigenvalue weighted by Gasteiger charge is -2.16. The molecule has 0 radical (unpaired) electrons. The fraction of sp³-hybridized carbons (Fsp3) is 0.158. The number of anilines is 2. The predicted octanol–water partition coefficient (Wildman–Crippen LogP) is 3.91. The van der Waals surface area contributed by atoms with Crippen molar-refractivity contribution in [2.75, 3.05) is 23.5 Å². The van der Waals surface area contributed by atoms with E-state index >= 15 is 0 Å². The van der Waals surface area contributed by atoms with E-state index in [0.29, 0.717) is 15.7 Å². The Morgan fingerprint density at radius 2 is 1.69 bits per heavy atom. The summed E-state index contributed by atoms with van der Waals surface area (Å²) in [6.45, 7) is 2.95. The molecule has 0 aliphatic carbocycles. The van der Waals surface area contributed by atoms with Crippen LogP contribution < -0.4 is 15.3 Å². The van der Waals surface area contributed by atoms with Gasteiger partial charge in [-0.1, -0.05) is 35.3 Å². The lowest BCUT2D eigenvalue weighted by atomic mass is 10.1. The molecule has 0 unspecified atom stereocenters.